The molecule has 4 nitrogen and oxygen atoms in total. The van der Waals surface area contributed by atoms with Crippen molar-refractivity contribution in [2.45, 2.75) is 139 Å². The number of aliphatic carboxylic acids is 2. The van der Waals surface area contributed by atoms with E-state index in [2.05, 4.69) is 27.7 Å². The van der Waals surface area contributed by atoms with Crippen molar-refractivity contribution < 1.29 is 19.8 Å². The second-order valence-corrected chi connectivity index (χ2v) is 11.9. The first-order valence-corrected chi connectivity index (χ1v) is 16.1. The van der Waals surface area contributed by atoms with Gasteiger partial charge in [-0.15, -0.1) is 0 Å². The number of carbonyl (C=O) groups is 2. The second-order valence-electron chi connectivity index (χ2n) is 7.57. The molecule has 0 aliphatic carbocycles. The average molecular weight is 521 g/mol. The Balaban J connectivity index is -0.000000350. The molecule has 2 radical (unpaired) electrons. The van der Waals surface area contributed by atoms with Crippen LogP contribution in [0.4, 0.5) is 0 Å². The van der Waals surface area contributed by atoms with Crippen molar-refractivity contribution in [3.05, 3.63) is 0 Å². The quantitative estimate of drug-likeness (QED) is 0.142. The zero-order valence-electron chi connectivity index (χ0n) is 19.9. The Bertz CT molecular complexity index is 292. The summed E-state index contributed by atoms with van der Waals surface area (Å²) in [6.07, 6.45) is 17.6. The van der Waals surface area contributed by atoms with E-state index in [-0.39, 0.29) is 21.1 Å². The summed E-state index contributed by atoms with van der Waals surface area (Å²) in [6.45, 7) is 8.88. The molecular weight excluding hydrogens is 471 g/mol. The van der Waals surface area contributed by atoms with Crippen LogP contribution in [0.5, 0.6) is 0 Å². The number of carboxylic acid groups (broad SMARTS) is 2. The zero-order valence-corrected chi connectivity index (χ0v) is 22.8. The van der Waals surface area contributed by atoms with Gasteiger partial charge in [-0.1, -0.05) is 65.2 Å². The van der Waals surface area contributed by atoms with E-state index in [0.717, 1.165) is 25.7 Å². The summed E-state index contributed by atoms with van der Waals surface area (Å²) in [5, 5.41) is 16.5. The predicted molar refractivity (Wildman–Crippen MR) is 127 cm³/mol. The molecule has 0 saturated heterocycles. The minimum absolute atomic E-state index is 0.149. The molecule has 0 amide bonds. The van der Waals surface area contributed by atoms with E-state index in [1.165, 1.54) is 64.2 Å². The third-order valence-corrected chi connectivity index (χ3v) is 8.44. The molecule has 5 heteroatoms. The number of unbranched alkanes of at least 4 members (excludes halogenated alkanes) is 10. The monoisotopic (exact) mass is 522 g/mol. The van der Waals surface area contributed by atoms with Crippen molar-refractivity contribution in [3.8, 4) is 0 Å². The van der Waals surface area contributed by atoms with Crippen LogP contribution in [-0.2, 0) is 9.59 Å². The summed E-state index contributed by atoms with van der Waals surface area (Å²) in [5.41, 5.74) is 0. The van der Waals surface area contributed by atoms with E-state index in [1.54, 1.807) is 8.87 Å². The van der Waals surface area contributed by atoms with Crippen molar-refractivity contribution in [3.63, 3.8) is 0 Å². The molecule has 0 aliphatic heterocycles. The van der Waals surface area contributed by atoms with Gasteiger partial charge in [0.05, 0.1) is 0 Å². The van der Waals surface area contributed by atoms with E-state index < -0.39 is 11.9 Å². The van der Waals surface area contributed by atoms with E-state index >= 15 is 0 Å². The predicted octanol–water partition coefficient (Wildman–Crippen LogP) is 7.99. The average Bonchev–Trinajstić information content (AvgIpc) is 2.68. The summed E-state index contributed by atoms with van der Waals surface area (Å²) in [4.78, 5) is 20.1. The molecule has 174 valence electrons. The van der Waals surface area contributed by atoms with Crippen LogP contribution in [0.3, 0.4) is 0 Å². The molecule has 0 aliphatic rings. The normalized spacial score (nSPS) is 9.79. The van der Waals surface area contributed by atoms with E-state index in [0.29, 0.717) is 12.8 Å². The van der Waals surface area contributed by atoms with Gasteiger partial charge >= 0.3 is 81.5 Å². The van der Waals surface area contributed by atoms with E-state index in [4.69, 9.17) is 10.2 Å². The molecule has 0 unspecified atom stereocenters. The fourth-order valence-electron chi connectivity index (χ4n) is 2.49. The third-order valence-electron chi connectivity index (χ3n) is 4.40. The summed E-state index contributed by atoms with van der Waals surface area (Å²) in [7, 11) is 0. The van der Waals surface area contributed by atoms with Crippen LogP contribution in [-0.4, -0.2) is 43.3 Å². The SMILES string of the molecule is CCCCCCCC(=O)O.CCCCCCCC(=O)O.CCC[CH2][Sn][CH2]CCC. The molecule has 0 aromatic rings. The molecular formula is C24H50O4Sn. The molecule has 0 fully saturated rings. The maximum absolute atomic E-state index is 10.0. The molecule has 0 aromatic carbocycles. The first kappa shape index (κ1) is 33.4. The van der Waals surface area contributed by atoms with Gasteiger partial charge in [0.1, 0.15) is 0 Å². The first-order valence-electron chi connectivity index (χ1n) is 12.1. The molecule has 2 N–H and O–H groups in total. The number of hydrogen-bond donors (Lipinski definition) is 2. The maximum atomic E-state index is 10.0. The van der Waals surface area contributed by atoms with Crippen molar-refractivity contribution in [2.75, 3.05) is 0 Å². The summed E-state index contributed by atoms with van der Waals surface area (Å²) in [6, 6.07) is 0. The van der Waals surface area contributed by atoms with Crippen LogP contribution in [0.2, 0.25) is 8.87 Å². The van der Waals surface area contributed by atoms with E-state index in [9.17, 15) is 9.59 Å². The standard InChI is InChI=1S/2C8H16O2.2C4H9.Sn/c2*1-2-3-4-5-6-7-8(9)10;2*1-3-4-2;/h2*2-7H2,1H3,(H,9,10);2*1,3-4H2,2H3;. The fourth-order valence-corrected chi connectivity index (χ4v) is 6.65. The Hall–Kier alpha value is -0.261. The molecule has 0 heterocycles. The van der Waals surface area contributed by atoms with Gasteiger partial charge in [0.15, 0.2) is 0 Å². The molecule has 0 atom stereocenters. The van der Waals surface area contributed by atoms with E-state index in [1.807, 2.05) is 0 Å². The Morgan fingerprint density at radius 2 is 0.828 bits per heavy atom. The van der Waals surface area contributed by atoms with Gasteiger partial charge < -0.3 is 10.2 Å². The van der Waals surface area contributed by atoms with Crippen molar-refractivity contribution in [1.29, 1.82) is 0 Å². The van der Waals surface area contributed by atoms with Gasteiger partial charge in [-0.05, 0) is 12.8 Å². The molecule has 0 bridgehead atoms. The number of rotatable bonds is 18. The van der Waals surface area contributed by atoms with Crippen molar-refractivity contribution in [1.82, 2.24) is 0 Å². The van der Waals surface area contributed by atoms with Crippen LogP contribution in [0.25, 0.3) is 0 Å². The summed E-state index contributed by atoms with van der Waals surface area (Å²) in [5.74, 6) is -1.34. The molecule has 0 spiro atoms. The molecule has 0 aromatic heterocycles. The third kappa shape index (κ3) is 47.2. The van der Waals surface area contributed by atoms with Crippen LogP contribution in [0.15, 0.2) is 0 Å². The van der Waals surface area contributed by atoms with Gasteiger partial charge in [-0.3, -0.25) is 9.59 Å². The molecule has 0 rings (SSSR count). The second kappa shape index (κ2) is 32.4. The van der Waals surface area contributed by atoms with Crippen LogP contribution < -0.4 is 0 Å². The Morgan fingerprint density at radius 3 is 1.10 bits per heavy atom. The number of carboxylic acids is 2. The first-order chi connectivity index (χ1) is 14.0. The number of hydrogen-bond acceptors (Lipinski definition) is 2. The van der Waals surface area contributed by atoms with Gasteiger partial charge in [0, 0.05) is 12.8 Å². The summed E-state index contributed by atoms with van der Waals surface area (Å²) < 4.78 is 3.25. The minimum atomic E-state index is -0.670. The van der Waals surface area contributed by atoms with Crippen LogP contribution in [0, 0.1) is 0 Å². The topological polar surface area (TPSA) is 74.6 Å². The Labute approximate surface area is 191 Å². The fraction of sp³-hybridized carbons (Fsp3) is 0.917. The molecule has 0 saturated carbocycles. The van der Waals surface area contributed by atoms with Crippen molar-refractivity contribution >= 4 is 33.1 Å². The van der Waals surface area contributed by atoms with Crippen LogP contribution in [0.1, 0.15) is 130 Å². The molecule has 29 heavy (non-hydrogen) atoms. The van der Waals surface area contributed by atoms with Gasteiger partial charge in [-0.25, -0.2) is 0 Å². The summed E-state index contributed by atoms with van der Waals surface area (Å²) >= 11 is 0.149. The Morgan fingerprint density at radius 1 is 0.517 bits per heavy atom. The van der Waals surface area contributed by atoms with Gasteiger partial charge in [0.25, 0.3) is 0 Å². The van der Waals surface area contributed by atoms with Crippen LogP contribution >= 0.6 is 0 Å². The van der Waals surface area contributed by atoms with Gasteiger partial charge in [0.2, 0.25) is 0 Å². The van der Waals surface area contributed by atoms with Crippen molar-refractivity contribution in [2.24, 2.45) is 0 Å². The Kier molecular flexibility index (Phi) is 37.3. The zero-order chi connectivity index (χ0) is 22.6. The van der Waals surface area contributed by atoms with Gasteiger partial charge in [-0.2, -0.15) is 0 Å².